The maximum atomic E-state index is 14.2. The van der Waals surface area contributed by atoms with Crippen molar-refractivity contribution in [2.24, 2.45) is 0 Å². The van der Waals surface area contributed by atoms with Gasteiger partial charge in [-0.25, -0.2) is 8.42 Å². The van der Waals surface area contributed by atoms with Gasteiger partial charge in [-0.15, -0.1) is 11.8 Å². The highest BCUT2D eigenvalue weighted by molar-refractivity contribution is 7.98. The van der Waals surface area contributed by atoms with Gasteiger partial charge in [0, 0.05) is 17.5 Å². The molecule has 0 aliphatic carbocycles. The molecular weight excluding hydrogens is 558 g/mol. The van der Waals surface area contributed by atoms with Gasteiger partial charge < -0.3 is 15.0 Å². The summed E-state index contributed by atoms with van der Waals surface area (Å²) in [6, 6.07) is 21.7. The molecule has 0 heterocycles. The number of amides is 2. The summed E-state index contributed by atoms with van der Waals surface area (Å²) in [5, 5.41) is 2.91. The third-order valence-corrected chi connectivity index (χ3v) is 8.89. The van der Waals surface area contributed by atoms with Crippen molar-refractivity contribution in [1.29, 1.82) is 0 Å². The molecule has 0 bridgehead atoms. The van der Waals surface area contributed by atoms with Gasteiger partial charge in [-0.05, 0) is 75.4 Å². The Morgan fingerprint density at radius 2 is 1.56 bits per heavy atom. The first-order valence-electron chi connectivity index (χ1n) is 13.6. The average Bonchev–Trinajstić information content (AvgIpc) is 2.96. The van der Waals surface area contributed by atoms with Gasteiger partial charge >= 0.3 is 0 Å². The lowest BCUT2D eigenvalue weighted by Crippen LogP contribution is -2.53. The van der Waals surface area contributed by atoms with Gasteiger partial charge in [-0.1, -0.05) is 49.4 Å². The van der Waals surface area contributed by atoms with E-state index in [4.69, 9.17) is 4.74 Å². The van der Waals surface area contributed by atoms with Gasteiger partial charge in [0.1, 0.15) is 18.3 Å². The molecule has 3 aromatic rings. The number of benzene rings is 3. The highest BCUT2D eigenvalue weighted by Gasteiger charge is 2.34. The zero-order valence-corrected chi connectivity index (χ0v) is 25.9. The number of rotatable bonds is 14. The van der Waals surface area contributed by atoms with Crippen molar-refractivity contribution < 1.29 is 22.7 Å². The predicted octanol–water partition coefficient (Wildman–Crippen LogP) is 5.33. The predicted molar refractivity (Wildman–Crippen MR) is 165 cm³/mol. The molecule has 0 saturated heterocycles. The first-order valence-corrected chi connectivity index (χ1v) is 16.3. The van der Waals surface area contributed by atoms with Crippen LogP contribution in [0.15, 0.2) is 88.7 Å². The highest BCUT2D eigenvalue weighted by atomic mass is 32.2. The molecule has 1 unspecified atom stereocenters. The average molecular weight is 598 g/mol. The fourth-order valence-electron chi connectivity index (χ4n) is 4.41. The van der Waals surface area contributed by atoms with Crippen LogP contribution >= 0.6 is 11.8 Å². The number of anilines is 1. The monoisotopic (exact) mass is 597 g/mol. The fourth-order valence-corrected chi connectivity index (χ4v) is 6.24. The Bertz CT molecular complexity index is 1400. The van der Waals surface area contributed by atoms with Crippen LogP contribution in [0.1, 0.15) is 39.7 Å². The molecule has 0 fully saturated rings. The van der Waals surface area contributed by atoms with E-state index in [0.29, 0.717) is 18.8 Å². The second-order valence-corrected chi connectivity index (χ2v) is 12.4. The number of hydrogen-bond acceptors (Lipinski definition) is 6. The number of hydrogen-bond donors (Lipinski definition) is 1. The number of thioether (sulfide) groups is 1. The lowest BCUT2D eigenvalue weighted by atomic mass is 10.1. The zero-order valence-electron chi connectivity index (χ0n) is 24.2. The number of sulfonamides is 1. The Labute approximate surface area is 248 Å². The third-order valence-electron chi connectivity index (χ3n) is 6.37. The topological polar surface area (TPSA) is 96.0 Å². The SMILES string of the molecule is CCOc1ccccc1N(CC(=O)N(Cc1ccccc1)C(CC)C(=O)NC(C)C)S(=O)(=O)c1ccc(SC)cc1. The molecule has 0 aliphatic rings. The van der Waals surface area contributed by atoms with E-state index in [1.807, 2.05) is 64.3 Å². The van der Waals surface area contributed by atoms with Crippen molar-refractivity contribution in [1.82, 2.24) is 10.2 Å². The second-order valence-electron chi connectivity index (χ2n) is 9.68. The van der Waals surface area contributed by atoms with E-state index in [-0.39, 0.29) is 29.1 Å². The number of ether oxygens (including phenoxy) is 1. The quantitative estimate of drug-likeness (QED) is 0.252. The normalized spacial score (nSPS) is 12.0. The molecule has 3 aromatic carbocycles. The van der Waals surface area contributed by atoms with Gasteiger partial charge in [0.15, 0.2) is 0 Å². The molecule has 220 valence electrons. The lowest BCUT2D eigenvalue weighted by molar-refractivity contribution is -0.140. The minimum atomic E-state index is -4.20. The molecule has 8 nitrogen and oxygen atoms in total. The zero-order chi connectivity index (χ0) is 30.0. The first kappa shape index (κ1) is 32.0. The number of para-hydroxylation sites is 2. The number of nitrogens with one attached hydrogen (secondary N) is 1. The van der Waals surface area contributed by atoms with E-state index in [2.05, 4.69) is 5.32 Å². The Morgan fingerprint density at radius 3 is 2.15 bits per heavy atom. The van der Waals surface area contributed by atoms with E-state index in [1.54, 1.807) is 36.4 Å². The van der Waals surface area contributed by atoms with Crippen LogP contribution in [0, 0.1) is 0 Å². The molecule has 41 heavy (non-hydrogen) atoms. The molecule has 0 aromatic heterocycles. The summed E-state index contributed by atoms with van der Waals surface area (Å²) in [6.45, 7) is 7.30. The largest absolute Gasteiger partial charge is 0.492 e. The Hall–Kier alpha value is -3.50. The number of carbonyl (C=O) groups excluding carboxylic acids is 2. The summed E-state index contributed by atoms with van der Waals surface area (Å²) in [5.41, 5.74) is 1.07. The van der Waals surface area contributed by atoms with Crippen molar-refractivity contribution in [3.63, 3.8) is 0 Å². The van der Waals surface area contributed by atoms with Crippen LogP contribution in [0.4, 0.5) is 5.69 Å². The molecular formula is C31H39N3O5S2. The van der Waals surface area contributed by atoms with Crippen LogP contribution in [0.5, 0.6) is 5.75 Å². The van der Waals surface area contributed by atoms with Crippen LogP contribution < -0.4 is 14.4 Å². The molecule has 3 rings (SSSR count). The van der Waals surface area contributed by atoms with E-state index >= 15 is 0 Å². The van der Waals surface area contributed by atoms with Crippen molar-refractivity contribution >= 4 is 39.3 Å². The smallest absolute Gasteiger partial charge is 0.264 e. The minimum absolute atomic E-state index is 0.0496. The molecule has 1 N–H and O–H groups in total. The van der Waals surface area contributed by atoms with Gasteiger partial charge in [0.2, 0.25) is 11.8 Å². The maximum absolute atomic E-state index is 14.2. The minimum Gasteiger partial charge on any atom is -0.492 e. The number of nitrogens with zero attached hydrogens (tertiary/aromatic N) is 2. The van der Waals surface area contributed by atoms with Crippen LogP contribution in [0.3, 0.4) is 0 Å². The number of carbonyl (C=O) groups is 2. The third kappa shape index (κ3) is 8.27. The van der Waals surface area contributed by atoms with Gasteiger partial charge in [-0.2, -0.15) is 0 Å². The molecule has 1 atom stereocenters. The standard InChI is InChI=1S/C31H39N3O5S2/c1-6-27(31(36)32-23(3)4)33(21-24-13-9-8-10-14-24)30(35)22-34(28-15-11-12-16-29(28)39-7-2)41(37,38)26-19-17-25(40-5)18-20-26/h8-20,23,27H,6-7,21-22H2,1-5H3,(H,32,36). The van der Waals surface area contributed by atoms with Crippen LogP contribution in [0.25, 0.3) is 0 Å². The first-order chi connectivity index (χ1) is 19.6. The Kier molecular flexibility index (Phi) is 11.7. The molecule has 10 heteroatoms. The van der Waals surface area contributed by atoms with Crippen molar-refractivity contribution in [3.05, 3.63) is 84.4 Å². The van der Waals surface area contributed by atoms with Gasteiger partial charge in [0.25, 0.3) is 10.0 Å². The van der Waals surface area contributed by atoms with Crippen LogP contribution in [0.2, 0.25) is 0 Å². The van der Waals surface area contributed by atoms with Gasteiger partial charge in [0.05, 0.1) is 17.2 Å². The van der Waals surface area contributed by atoms with Crippen LogP contribution in [-0.2, 0) is 26.2 Å². The summed E-state index contributed by atoms with van der Waals surface area (Å²) >= 11 is 1.50. The highest BCUT2D eigenvalue weighted by Crippen LogP contribution is 2.33. The van der Waals surface area contributed by atoms with E-state index in [1.165, 1.54) is 28.8 Å². The van der Waals surface area contributed by atoms with Crippen molar-refractivity contribution in [2.45, 2.75) is 62.5 Å². The summed E-state index contributed by atoms with van der Waals surface area (Å²) in [7, 11) is -4.20. The van der Waals surface area contributed by atoms with Crippen molar-refractivity contribution in [2.75, 3.05) is 23.7 Å². The summed E-state index contributed by atoms with van der Waals surface area (Å²) < 4.78 is 35.1. The maximum Gasteiger partial charge on any atom is 0.264 e. The molecule has 0 spiro atoms. The van der Waals surface area contributed by atoms with E-state index in [9.17, 15) is 18.0 Å². The molecule has 0 radical (unpaired) electrons. The summed E-state index contributed by atoms with van der Waals surface area (Å²) in [5.74, 6) is -0.454. The fraction of sp³-hybridized carbons (Fsp3) is 0.355. The lowest BCUT2D eigenvalue weighted by Gasteiger charge is -2.34. The van der Waals surface area contributed by atoms with Gasteiger partial charge in [-0.3, -0.25) is 13.9 Å². The molecule has 0 saturated carbocycles. The second kappa shape index (κ2) is 14.9. The Balaban J connectivity index is 2.10. The van der Waals surface area contributed by atoms with Crippen LogP contribution in [-0.4, -0.2) is 56.6 Å². The summed E-state index contributed by atoms with van der Waals surface area (Å²) in [6.07, 6.45) is 2.27. The molecule has 0 aliphatic heterocycles. The molecule has 2 amide bonds. The van der Waals surface area contributed by atoms with E-state index < -0.39 is 28.5 Å². The Morgan fingerprint density at radius 1 is 0.927 bits per heavy atom. The van der Waals surface area contributed by atoms with Crippen molar-refractivity contribution in [3.8, 4) is 5.75 Å². The van der Waals surface area contributed by atoms with E-state index in [0.717, 1.165) is 14.8 Å². The summed E-state index contributed by atoms with van der Waals surface area (Å²) in [4.78, 5) is 29.8.